The van der Waals surface area contributed by atoms with Gasteiger partial charge in [0, 0.05) is 11.8 Å². The normalized spacial score (nSPS) is 14.9. The van der Waals surface area contributed by atoms with Gasteiger partial charge < -0.3 is 38.6 Å². The number of ether oxygens (including phenoxy) is 6. The van der Waals surface area contributed by atoms with Crippen molar-refractivity contribution in [3.8, 4) is 23.0 Å². The van der Waals surface area contributed by atoms with E-state index in [-0.39, 0.29) is 0 Å². The molecule has 4 atom stereocenters. The zero-order chi connectivity index (χ0) is 30.3. The van der Waals surface area contributed by atoms with E-state index in [0.717, 1.165) is 11.1 Å². The molecule has 4 unspecified atom stereocenters. The summed E-state index contributed by atoms with van der Waals surface area (Å²) < 4.78 is 33.1. The SMILES string of the molecule is COc1ccc(C(C(CO)OC(=O)OC(CO)C(c2ccc(OC)c(OC)c2)C(C)(C)C)C(C)(C)C)cc1OC. The van der Waals surface area contributed by atoms with Gasteiger partial charge in [-0.1, -0.05) is 53.7 Å². The van der Waals surface area contributed by atoms with Crippen LogP contribution in [0.25, 0.3) is 0 Å². The van der Waals surface area contributed by atoms with Crippen molar-refractivity contribution >= 4 is 6.16 Å². The van der Waals surface area contributed by atoms with Crippen LogP contribution >= 0.6 is 0 Å². The molecule has 9 nitrogen and oxygen atoms in total. The number of rotatable bonds is 12. The highest BCUT2D eigenvalue weighted by Gasteiger charge is 2.40. The van der Waals surface area contributed by atoms with Crippen molar-refractivity contribution < 1.29 is 43.4 Å². The van der Waals surface area contributed by atoms with E-state index >= 15 is 0 Å². The van der Waals surface area contributed by atoms with Crippen LogP contribution in [0.5, 0.6) is 23.0 Å². The summed E-state index contributed by atoms with van der Waals surface area (Å²) in [6.45, 7) is 11.1. The zero-order valence-corrected chi connectivity index (χ0v) is 25.4. The molecule has 2 aromatic rings. The van der Waals surface area contributed by atoms with Crippen molar-refractivity contribution in [2.75, 3.05) is 41.7 Å². The molecule has 0 fully saturated rings. The van der Waals surface area contributed by atoms with Crippen LogP contribution in [-0.4, -0.2) is 70.2 Å². The summed E-state index contributed by atoms with van der Waals surface area (Å²) in [6, 6.07) is 10.9. The lowest BCUT2D eigenvalue weighted by Crippen LogP contribution is -2.40. The third kappa shape index (κ3) is 7.95. The predicted molar refractivity (Wildman–Crippen MR) is 153 cm³/mol. The predicted octanol–water partition coefficient (Wildman–Crippen LogP) is 5.56. The van der Waals surface area contributed by atoms with Gasteiger partial charge >= 0.3 is 6.16 Å². The largest absolute Gasteiger partial charge is 0.509 e. The molecule has 2 N–H and O–H groups in total. The van der Waals surface area contributed by atoms with E-state index in [1.54, 1.807) is 40.6 Å². The van der Waals surface area contributed by atoms with E-state index in [4.69, 9.17) is 28.4 Å². The molecule has 0 aliphatic carbocycles. The molecule has 0 aliphatic rings. The molecule has 0 bridgehead atoms. The van der Waals surface area contributed by atoms with Gasteiger partial charge in [0.05, 0.1) is 41.7 Å². The van der Waals surface area contributed by atoms with Crippen LogP contribution < -0.4 is 18.9 Å². The third-order valence-electron chi connectivity index (χ3n) is 7.00. The smallest absolute Gasteiger partial charge is 0.493 e. The maximum absolute atomic E-state index is 13.2. The van der Waals surface area contributed by atoms with Crippen molar-refractivity contribution in [3.05, 3.63) is 47.5 Å². The standard InChI is InChI=1S/C31H46O9/c1-30(2,3)27(19-11-13-21(35-7)23(15-19)37-9)25(17-32)39-29(34)40-26(18-33)28(31(4,5)6)20-12-14-22(36-8)24(16-20)38-10/h11-16,25-28,32-33H,17-18H2,1-10H3. The Labute approximate surface area is 238 Å². The maximum atomic E-state index is 13.2. The number of hydrogen-bond donors (Lipinski definition) is 2. The molecule has 0 saturated carbocycles. The summed E-state index contributed by atoms with van der Waals surface area (Å²) in [5.74, 6) is 1.35. The van der Waals surface area contributed by atoms with Gasteiger partial charge in [-0.25, -0.2) is 4.79 Å². The van der Waals surface area contributed by atoms with Crippen molar-refractivity contribution in [1.82, 2.24) is 0 Å². The Morgan fingerprint density at radius 3 is 1.20 bits per heavy atom. The van der Waals surface area contributed by atoms with Crippen LogP contribution in [0.3, 0.4) is 0 Å². The molecule has 2 rings (SSSR count). The van der Waals surface area contributed by atoms with Crippen LogP contribution in [-0.2, 0) is 9.47 Å². The molecular formula is C31H46O9. The highest BCUT2D eigenvalue weighted by Crippen LogP contribution is 2.44. The van der Waals surface area contributed by atoms with Crippen molar-refractivity contribution in [1.29, 1.82) is 0 Å². The molecule has 0 heterocycles. The Hall–Kier alpha value is -3.17. The van der Waals surface area contributed by atoms with Crippen LogP contribution in [0.15, 0.2) is 36.4 Å². The Morgan fingerprint density at radius 2 is 0.950 bits per heavy atom. The third-order valence-corrected chi connectivity index (χ3v) is 7.00. The Morgan fingerprint density at radius 1 is 0.625 bits per heavy atom. The second-order valence-corrected chi connectivity index (χ2v) is 11.8. The van der Waals surface area contributed by atoms with Gasteiger partial charge in [0.2, 0.25) is 0 Å². The summed E-state index contributed by atoms with van der Waals surface area (Å²) in [5.41, 5.74) is 0.760. The Bertz CT molecular complexity index is 1020. The van der Waals surface area contributed by atoms with Crippen molar-refractivity contribution in [2.45, 2.75) is 65.6 Å². The molecule has 0 radical (unpaired) electrons. The number of carbonyl (C=O) groups excluding carboxylic acids is 1. The second kappa shape index (κ2) is 13.9. The van der Waals surface area contributed by atoms with E-state index in [1.165, 1.54) is 0 Å². The molecule has 40 heavy (non-hydrogen) atoms. The van der Waals surface area contributed by atoms with Gasteiger partial charge in [-0.3, -0.25) is 0 Å². The number of aliphatic hydroxyl groups excluding tert-OH is 2. The first-order chi connectivity index (χ1) is 18.7. The van der Waals surface area contributed by atoms with E-state index < -0.39 is 54.2 Å². The average Bonchev–Trinajstić information content (AvgIpc) is 2.90. The Kier molecular flexibility index (Phi) is 11.5. The lowest BCUT2D eigenvalue weighted by Gasteiger charge is -2.38. The van der Waals surface area contributed by atoms with E-state index in [0.29, 0.717) is 23.0 Å². The number of methoxy groups -OCH3 is 4. The van der Waals surface area contributed by atoms with Crippen LogP contribution in [0, 0.1) is 10.8 Å². The van der Waals surface area contributed by atoms with Crippen molar-refractivity contribution in [2.24, 2.45) is 10.8 Å². The molecule has 2 aromatic carbocycles. The minimum absolute atomic E-state index is 0.415. The number of carbonyl (C=O) groups is 1. The lowest BCUT2D eigenvalue weighted by molar-refractivity contribution is -0.0596. The highest BCUT2D eigenvalue weighted by atomic mass is 16.7. The van der Waals surface area contributed by atoms with Crippen molar-refractivity contribution in [3.63, 3.8) is 0 Å². The minimum Gasteiger partial charge on any atom is -0.493 e. The first-order valence-corrected chi connectivity index (χ1v) is 13.3. The molecule has 9 heteroatoms. The number of benzene rings is 2. The topological polar surface area (TPSA) is 113 Å². The van der Waals surface area contributed by atoms with Gasteiger partial charge in [0.15, 0.2) is 23.0 Å². The fourth-order valence-corrected chi connectivity index (χ4v) is 5.33. The number of hydrogen-bond acceptors (Lipinski definition) is 9. The molecule has 224 valence electrons. The molecular weight excluding hydrogens is 516 g/mol. The highest BCUT2D eigenvalue weighted by molar-refractivity contribution is 5.61. The molecule has 0 aliphatic heterocycles. The summed E-state index contributed by atoms with van der Waals surface area (Å²) in [5, 5.41) is 20.7. The van der Waals surface area contributed by atoms with Gasteiger partial charge in [-0.15, -0.1) is 0 Å². The van der Waals surface area contributed by atoms with Crippen LogP contribution in [0.2, 0.25) is 0 Å². The first kappa shape index (κ1) is 33.0. The molecule has 0 amide bonds. The lowest BCUT2D eigenvalue weighted by atomic mass is 9.73. The Balaban J connectivity index is 2.39. The molecule has 0 aromatic heterocycles. The van der Waals surface area contributed by atoms with E-state index in [1.807, 2.05) is 65.8 Å². The summed E-state index contributed by atoms with van der Waals surface area (Å²) in [4.78, 5) is 13.2. The van der Waals surface area contributed by atoms with Gasteiger partial charge in [0.25, 0.3) is 0 Å². The van der Waals surface area contributed by atoms with Gasteiger partial charge in [-0.2, -0.15) is 0 Å². The minimum atomic E-state index is -0.984. The fourth-order valence-electron chi connectivity index (χ4n) is 5.33. The summed E-state index contributed by atoms with van der Waals surface area (Å²) in [7, 11) is 6.20. The fraction of sp³-hybridized carbons (Fsp3) is 0.581. The van der Waals surface area contributed by atoms with Crippen LogP contribution in [0.1, 0.15) is 64.5 Å². The summed E-state index contributed by atoms with van der Waals surface area (Å²) >= 11 is 0. The quantitative estimate of drug-likeness (QED) is 0.321. The van der Waals surface area contributed by atoms with Gasteiger partial charge in [-0.05, 0) is 46.2 Å². The maximum Gasteiger partial charge on any atom is 0.509 e. The number of aliphatic hydroxyl groups is 2. The van der Waals surface area contributed by atoms with Crippen LogP contribution in [0.4, 0.5) is 4.79 Å². The second-order valence-electron chi connectivity index (χ2n) is 11.8. The van der Waals surface area contributed by atoms with E-state index in [9.17, 15) is 15.0 Å². The monoisotopic (exact) mass is 562 g/mol. The summed E-state index contributed by atoms with van der Waals surface area (Å²) in [6.07, 6.45) is -2.85. The van der Waals surface area contributed by atoms with E-state index in [2.05, 4.69) is 0 Å². The average molecular weight is 563 g/mol. The molecule has 0 saturated heterocycles. The zero-order valence-electron chi connectivity index (χ0n) is 25.4. The molecule has 0 spiro atoms. The van der Waals surface area contributed by atoms with Gasteiger partial charge in [0.1, 0.15) is 12.2 Å². The first-order valence-electron chi connectivity index (χ1n) is 13.3.